The van der Waals surface area contributed by atoms with E-state index < -0.39 is 35.5 Å². The number of ether oxygens (including phenoxy) is 3. The molecule has 102 heavy (non-hydrogen) atoms. The largest absolute Gasteiger partial charge is 0.481 e. The van der Waals surface area contributed by atoms with E-state index in [1.54, 1.807) is 65.9 Å². The second-order valence-electron chi connectivity index (χ2n) is 31.0. The van der Waals surface area contributed by atoms with Crippen LogP contribution >= 0.6 is 68.6 Å². The topological polar surface area (TPSA) is 373 Å². The molecule has 0 aromatic rings. The van der Waals surface area contributed by atoms with Gasteiger partial charge in [0.15, 0.2) is 0 Å². The van der Waals surface area contributed by atoms with Crippen molar-refractivity contribution in [2.75, 3.05) is 117 Å². The van der Waals surface area contributed by atoms with Crippen molar-refractivity contribution in [2.45, 2.75) is 265 Å². The number of nitrogens with two attached hydrogens (primary N) is 4. The zero-order valence-electron chi connectivity index (χ0n) is 63.9. The van der Waals surface area contributed by atoms with Gasteiger partial charge < -0.3 is 79.5 Å². The van der Waals surface area contributed by atoms with Crippen LogP contribution in [-0.2, 0) is 38.2 Å². The second kappa shape index (κ2) is 53.8. The molecular formula is C73H139N11O12S6. The summed E-state index contributed by atoms with van der Waals surface area (Å²) in [6.07, 6.45) is 27.6. The Morgan fingerprint density at radius 2 is 0.627 bits per heavy atom. The first-order chi connectivity index (χ1) is 48.5. The third kappa shape index (κ3) is 46.3. The number of rotatable bonds is 40. The standard InChI is InChI=1S/C32H58N4O6S2.C23H44N4O2S2.C14H25NO4.C4H12N2S2/c1-25(2)41-28(39)35-22-31(12-8-6-9-13-31)20-26(37)33-16-18-43-24-44-19-17-34-27(38)21-32(14-10-7-11-15-32)23-36-29(40)42-30(3,4)5;24-17-22(7-3-1-4-8-22)15-20(28)26-11-13-30-19-31-14-12-27-21(29)16-23(18-25)9-5-2-6-10-23;1-13(2,3)19-12(18)15-10-14(9-11(16)17)7-5-4-6-8-14;5-1-3-7-8-4-2-6/h25H,6-24H2,1-5H3,(H,33,37)(H,34,38)(H,35,39)(H,36,40);1-19,24-25H2,(H,26,28)(H,27,29);4-10H2,1-3H3,(H,15,18)(H,16,17);1-6H2. The fourth-order valence-corrected chi connectivity index (χ4v) is 19.4. The highest BCUT2D eigenvalue weighted by Crippen LogP contribution is 2.43. The lowest BCUT2D eigenvalue weighted by Crippen LogP contribution is -2.44. The van der Waals surface area contributed by atoms with E-state index in [1.807, 2.05) is 58.1 Å². The molecule has 5 aliphatic carbocycles. The number of nitrogens with one attached hydrogen (secondary N) is 7. The minimum absolute atomic E-state index is 0.0382. The van der Waals surface area contributed by atoms with E-state index in [1.165, 1.54) is 51.4 Å². The van der Waals surface area contributed by atoms with Crippen molar-refractivity contribution in [3.05, 3.63) is 0 Å². The van der Waals surface area contributed by atoms with Crippen LogP contribution in [0.5, 0.6) is 0 Å². The molecule has 5 aliphatic rings. The number of aliphatic carboxylic acids is 1. The van der Waals surface area contributed by atoms with Crippen LogP contribution in [0.1, 0.15) is 248 Å². The third-order valence-electron chi connectivity index (χ3n) is 19.2. The van der Waals surface area contributed by atoms with Crippen LogP contribution in [0.25, 0.3) is 0 Å². The monoisotopic (exact) mass is 1550 g/mol. The summed E-state index contributed by atoms with van der Waals surface area (Å²) in [5, 5.41) is 31.7. The van der Waals surface area contributed by atoms with Crippen molar-refractivity contribution in [3.8, 4) is 0 Å². The zero-order chi connectivity index (χ0) is 75.7. The number of carbonyl (C=O) groups is 8. The van der Waals surface area contributed by atoms with Gasteiger partial charge in [0.1, 0.15) is 11.2 Å². The SMILES string of the molecule is CC(C)(C)OC(=O)NCC1(CC(=O)O)CCCCC1.CC(C)OC(=O)NCC1(CC(=O)NCCSCSCCNC(=O)CC2(CNC(=O)OC(C)(C)C)CCCCC2)CCCCC1.NCC1(CC(=O)NCCSCSCCNC(=O)CC2(CN)CCCCC2)CCCCC1.NCCSSCCN. The van der Waals surface area contributed by atoms with Gasteiger partial charge in [0.05, 0.1) is 12.5 Å². The summed E-state index contributed by atoms with van der Waals surface area (Å²) >= 11 is 7.20. The van der Waals surface area contributed by atoms with E-state index in [0.29, 0.717) is 84.6 Å². The number of alkyl carbamates (subject to hydrolysis) is 3. The maximum atomic E-state index is 12.8. The number of hydrogen-bond donors (Lipinski definition) is 12. The smallest absolute Gasteiger partial charge is 0.407 e. The lowest BCUT2D eigenvalue weighted by molar-refractivity contribution is -0.140. The molecule has 0 aromatic carbocycles. The summed E-state index contributed by atoms with van der Waals surface area (Å²) in [4.78, 5) is 96.9. The van der Waals surface area contributed by atoms with E-state index in [0.717, 1.165) is 167 Å². The summed E-state index contributed by atoms with van der Waals surface area (Å²) in [5.74, 6) is 5.12. The Labute approximate surface area is 639 Å². The van der Waals surface area contributed by atoms with Gasteiger partial charge >= 0.3 is 24.2 Å². The van der Waals surface area contributed by atoms with Crippen LogP contribution in [0.2, 0.25) is 0 Å². The molecule has 5 saturated carbocycles. The molecule has 0 saturated heterocycles. The lowest BCUT2D eigenvalue weighted by atomic mass is 9.71. The van der Waals surface area contributed by atoms with Crippen LogP contribution in [0, 0.1) is 27.1 Å². The molecule has 7 amide bonds. The van der Waals surface area contributed by atoms with Crippen molar-refractivity contribution in [1.82, 2.24) is 37.2 Å². The van der Waals surface area contributed by atoms with Crippen LogP contribution in [0.3, 0.4) is 0 Å². The maximum absolute atomic E-state index is 12.8. The van der Waals surface area contributed by atoms with Gasteiger partial charge in [-0.3, -0.25) is 24.0 Å². The predicted octanol–water partition coefficient (Wildman–Crippen LogP) is 12.4. The Kier molecular flexibility index (Phi) is 50.2. The molecule has 23 nitrogen and oxygen atoms in total. The van der Waals surface area contributed by atoms with E-state index in [2.05, 4.69) is 37.2 Å². The summed E-state index contributed by atoms with van der Waals surface area (Å²) < 4.78 is 15.8. The first kappa shape index (κ1) is 95.2. The molecule has 0 unspecified atom stereocenters. The molecule has 29 heteroatoms. The molecule has 5 fully saturated rings. The highest BCUT2D eigenvalue weighted by atomic mass is 33.1. The summed E-state index contributed by atoms with van der Waals surface area (Å²) in [7, 11) is 3.58. The Bertz CT molecular complexity index is 2300. The van der Waals surface area contributed by atoms with E-state index in [4.69, 9.17) is 42.3 Å². The molecule has 0 bridgehead atoms. The minimum Gasteiger partial charge on any atom is -0.481 e. The van der Waals surface area contributed by atoms with Gasteiger partial charge in [-0.15, -0.1) is 47.0 Å². The molecule has 0 heterocycles. The Morgan fingerprint density at radius 3 is 0.873 bits per heavy atom. The van der Waals surface area contributed by atoms with Crippen molar-refractivity contribution in [1.29, 1.82) is 0 Å². The first-order valence-electron chi connectivity index (χ1n) is 38.0. The van der Waals surface area contributed by atoms with Crippen molar-refractivity contribution >= 4 is 117 Å². The number of hydrogen-bond acceptors (Lipinski definition) is 21. The fourth-order valence-electron chi connectivity index (χ4n) is 13.9. The highest BCUT2D eigenvalue weighted by Gasteiger charge is 2.39. The molecule has 0 aromatic heterocycles. The van der Waals surface area contributed by atoms with Gasteiger partial charge in [-0.2, -0.15) is 0 Å². The quantitative estimate of drug-likeness (QED) is 0.0117. The number of carboxylic acid groups (broad SMARTS) is 1. The van der Waals surface area contributed by atoms with Crippen LogP contribution in [-0.4, -0.2) is 187 Å². The van der Waals surface area contributed by atoms with Crippen molar-refractivity contribution < 1.29 is 57.7 Å². The van der Waals surface area contributed by atoms with Crippen LogP contribution < -0.4 is 60.2 Å². The van der Waals surface area contributed by atoms with Gasteiger partial charge in [0.2, 0.25) is 23.6 Å². The molecule has 0 radical (unpaired) electrons. The van der Waals surface area contributed by atoms with Crippen LogP contribution in [0.15, 0.2) is 0 Å². The van der Waals surface area contributed by atoms with Gasteiger partial charge in [0, 0.05) is 129 Å². The minimum atomic E-state index is -0.798. The molecular weight excluding hydrogens is 1420 g/mol. The van der Waals surface area contributed by atoms with Crippen molar-refractivity contribution in [3.63, 3.8) is 0 Å². The van der Waals surface area contributed by atoms with E-state index in [9.17, 15) is 38.4 Å². The van der Waals surface area contributed by atoms with Crippen molar-refractivity contribution in [2.24, 2.45) is 50.0 Å². The molecule has 594 valence electrons. The molecule has 0 spiro atoms. The maximum Gasteiger partial charge on any atom is 0.407 e. The Morgan fingerprint density at radius 1 is 0.373 bits per heavy atom. The first-order valence-corrected chi connectivity index (χ1v) is 45.1. The Hall–Kier alpha value is -2.90. The molecule has 0 atom stereocenters. The second-order valence-corrected chi connectivity index (χ2v) is 38.9. The van der Waals surface area contributed by atoms with Gasteiger partial charge in [-0.1, -0.05) is 118 Å². The van der Waals surface area contributed by atoms with E-state index >= 15 is 0 Å². The van der Waals surface area contributed by atoms with Gasteiger partial charge in [0.25, 0.3) is 0 Å². The molecule has 5 rings (SSSR count). The van der Waals surface area contributed by atoms with Crippen LogP contribution in [0.4, 0.5) is 14.4 Å². The average molecular weight is 1560 g/mol. The average Bonchev–Trinajstić information content (AvgIpc) is 0.886. The van der Waals surface area contributed by atoms with Gasteiger partial charge in [-0.25, -0.2) is 14.4 Å². The Balaban J connectivity index is 0.000000525. The van der Waals surface area contributed by atoms with E-state index in [-0.39, 0.29) is 63.2 Å². The zero-order valence-corrected chi connectivity index (χ0v) is 68.8. The normalized spacial score (nSPS) is 18.0. The third-order valence-corrected chi connectivity index (χ3v) is 26.3. The number of thioether (sulfide) groups is 4. The summed E-state index contributed by atoms with van der Waals surface area (Å²) in [5.41, 5.74) is 20.7. The lowest BCUT2D eigenvalue weighted by Gasteiger charge is -2.37. The predicted molar refractivity (Wildman–Crippen MR) is 429 cm³/mol. The summed E-state index contributed by atoms with van der Waals surface area (Å²) in [6, 6.07) is 0. The molecule has 16 N–H and O–H groups in total. The highest BCUT2D eigenvalue weighted by molar-refractivity contribution is 8.76. The van der Waals surface area contributed by atoms with Gasteiger partial charge in [-0.05, 0) is 160 Å². The number of amides is 7. The fraction of sp³-hybridized carbons (Fsp3) is 0.890. The molecule has 0 aliphatic heterocycles. The summed E-state index contributed by atoms with van der Waals surface area (Å²) in [6.45, 7) is 21.3. The number of carbonyl (C=O) groups excluding carboxylic acids is 7. The number of carboxylic acids is 1.